The van der Waals surface area contributed by atoms with Crippen LogP contribution in [0, 0.1) is 0 Å². The first-order valence-electron chi connectivity index (χ1n) is 9.20. The molecule has 0 fully saturated rings. The molecule has 3 heterocycles. The van der Waals surface area contributed by atoms with Gasteiger partial charge in [0.2, 0.25) is 0 Å². The topological polar surface area (TPSA) is 81.2 Å². The van der Waals surface area contributed by atoms with Gasteiger partial charge in [-0.15, -0.1) is 11.3 Å². The highest BCUT2D eigenvalue weighted by Gasteiger charge is 2.18. The molecule has 4 aromatic rings. The van der Waals surface area contributed by atoms with E-state index in [4.69, 9.17) is 4.74 Å². The minimum Gasteiger partial charge on any atom is -0.482 e. The van der Waals surface area contributed by atoms with Gasteiger partial charge in [-0.2, -0.15) is 0 Å². The van der Waals surface area contributed by atoms with Crippen LogP contribution in [0.25, 0.3) is 20.7 Å². The number of fused-ring (bicyclic) bond motifs is 2. The lowest BCUT2D eigenvalue weighted by Gasteiger charge is -2.18. The van der Waals surface area contributed by atoms with Crippen molar-refractivity contribution in [3.63, 3.8) is 0 Å². The first kappa shape index (κ1) is 18.8. The molecule has 6 nitrogen and oxygen atoms in total. The third-order valence-corrected chi connectivity index (χ3v) is 6.72. The maximum atomic E-state index is 12.7. The van der Waals surface area contributed by atoms with Crippen molar-refractivity contribution in [3.05, 3.63) is 66.5 Å². The average Bonchev–Trinajstić information content (AvgIpc) is 3.22. The van der Waals surface area contributed by atoms with Crippen molar-refractivity contribution >= 4 is 50.7 Å². The Morgan fingerprint density at radius 2 is 2.00 bits per heavy atom. The van der Waals surface area contributed by atoms with Crippen LogP contribution in [0.2, 0.25) is 0 Å². The molecule has 0 bridgehead atoms. The zero-order valence-corrected chi connectivity index (χ0v) is 17.3. The first-order chi connectivity index (χ1) is 14.7. The van der Waals surface area contributed by atoms with E-state index in [2.05, 4.69) is 33.5 Å². The molecular formula is C22H15N3O3S2. The van der Waals surface area contributed by atoms with Gasteiger partial charge in [0.15, 0.2) is 12.4 Å². The number of rotatable bonds is 5. The van der Waals surface area contributed by atoms with Crippen molar-refractivity contribution in [1.82, 2.24) is 9.97 Å². The number of amides is 1. The predicted molar refractivity (Wildman–Crippen MR) is 118 cm³/mol. The van der Waals surface area contributed by atoms with Crippen LogP contribution in [0.1, 0.15) is 10.4 Å². The number of Topliss-reactive ketones (excluding diaryl/α,β-unsaturated/α-hetero) is 1. The second kappa shape index (κ2) is 7.89. The SMILES string of the molecule is O=C1COc2ccc(C(=O)CSc3ncnc4sc(-c5ccccc5)cc34)cc2N1. The van der Waals surface area contributed by atoms with Gasteiger partial charge in [-0.25, -0.2) is 9.97 Å². The van der Waals surface area contributed by atoms with E-state index in [1.54, 1.807) is 29.5 Å². The van der Waals surface area contributed by atoms with Gasteiger partial charge in [-0.05, 0) is 29.8 Å². The molecule has 0 unspecified atom stereocenters. The Balaban J connectivity index is 1.36. The van der Waals surface area contributed by atoms with Gasteiger partial charge in [0.1, 0.15) is 21.9 Å². The molecule has 2 aromatic carbocycles. The zero-order chi connectivity index (χ0) is 20.5. The Labute approximate surface area is 180 Å². The highest BCUT2D eigenvalue weighted by molar-refractivity contribution is 8.00. The number of thioether (sulfide) groups is 1. The van der Waals surface area contributed by atoms with E-state index in [9.17, 15) is 9.59 Å². The highest BCUT2D eigenvalue weighted by atomic mass is 32.2. The fraction of sp³-hybridized carbons (Fsp3) is 0.0909. The second-order valence-electron chi connectivity index (χ2n) is 6.63. The molecule has 0 radical (unpaired) electrons. The fourth-order valence-electron chi connectivity index (χ4n) is 3.17. The third kappa shape index (κ3) is 3.67. The van der Waals surface area contributed by atoms with Gasteiger partial charge in [0, 0.05) is 15.8 Å². The first-order valence-corrected chi connectivity index (χ1v) is 11.0. The van der Waals surface area contributed by atoms with E-state index >= 15 is 0 Å². The number of carbonyl (C=O) groups is 2. The van der Waals surface area contributed by atoms with Crippen molar-refractivity contribution in [1.29, 1.82) is 0 Å². The molecule has 8 heteroatoms. The third-order valence-electron chi connectivity index (χ3n) is 4.63. The van der Waals surface area contributed by atoms with Crippen molar-refractivity contribution in [3.8, 4) is 16.2 Å². The Bertz CT molecular complexity index is 1270. The molecular weight excluding hydrogens is 418 g/mol. The van der Waals surface area contributed by atoms with E-state index < -0.39 is 0 Å². The standard InChI is InChI=1S/C22H15N3O3S2/c26-17(14-6-7-18-16(8-14)25-20(27)10-28-18)11-29-21-15-9-19(13-4-2-1-3-5-13)30-22(15)24-12-23-21/h1-9,12H,10-11H2,(H,25,27). The zero-order valence-electron chi connectivity index (χ0n) is 15.6. The lowest BCUT2D eigenvalue weighted by atomic mass is 10.1. The van der Waals surface area contributed by atoms with Crippen LogP contribution in [0.4, 0.5) is 5.69 Å². The monoisotopic (exact) mass is 433 g/mol. The molecule has 1 N–H and O–H groups in total. The summed E-state index contributed by atoms with van der Waals surface area (Å²) in [6, 6.07) is 17.3. The lowest BCUT2D eigenvalue weighted by molar-refractivity contribution is -0.118. The highest BCUT2D eigenvalue weighted by Crippen LogP contribution is 2.36. The molecule has 1 aliphatic rings. The number of aromatic nitrogens is 2. The summed E-state index contributed by atoms with van der Waals surface area (Å²) in [5.74, 6) is 0.531. The van der Waals surface area contributed by atoms with Gasteiger partial charge in [0.05, 0.1) is 11.4 Å². The Kier molecular flexibility index (Phi) is 4.94. The summed E-state index contributed by atoms with van der Waals surface area (Å²) >= 11 is 2.99. The summed E-state index contributed by atoms with van der Waals surface area (Å²) in [6.45, 7) is -0.00847. The lowest BCUT2D eigenvalue weighted by Crippen LogP contribution is -2.25. The molecule has 1 amide bonds. The van der Waals surface area contributed by atoms with Gasteiger partial charge >= 0.3 is 0 Å². The Hall–Kier alpha value is -3.23. The van der Waals surface area contributed by atoms with Crippen LogP contribution < -0.4 is 10.1 Å². The van der Waals surface area contributed by atoms with E-state index in [0.29, 0.717) is 17.0 Å². The van der Waals surface area contributed by atoms with Crippen LogP contribution in [-0.2, 0) is 4.79 Å². The summed E-state index contributed by atoms with van der Waals surface area (Å²) in [6.07, 6.45) is 1.53. The number of nitrogens with zero attached hydrogens (tertiary/aromatic N) is 2. The van der Waals surface area contributed by atoms with Crippen LogP contribution >= 0.6 is 23.1 Å². The van der Waals surface area contributed by atoms with Crippen molar-refractivity contribution in [2.45, 2.75) is 5.03 Å². The molecule has 0 atom stereocenters. The molecule has 0 saturated heterocycles. The number of thiophene rings is 1. The van der Waals surface area contributed by atoms with Crippen molar-refractivity contribution in [2.24, 2.45) is 0 Å². The molecule has 0 aliphatic carbocycles. The summed E-state index contributed by atoms with van der Waals surface area (Å²) < 4.78 is 5.34. The molecule has 148 valence electrons. The molecule has 2 aromatic heterocycles. The minimum absolute atomic E-state index is 0.00847. The van der Waals surface area contributed by atoms with Crippen LogP contribution in [0.5, 0.6) is 5.75 Å². The number of ketones is 1. The quantitative estimate of drug-likeness (QED) is 0.280. The fourth-order valence-corrected chi connectivity index (χ4v) is 5.10. The van der Waals surface area contributed by atoms with E-state index in [1.165, 1.54) is 18.1 Å². The van der Waals surface area contributed by atoms with Gasteiger partial charge in [0.25, 0.3) is 5.91 Å². The summed E-state index contributed by atoms with van der Waals surface area (Å²) in [4.78, 5) is 35.0. The summed E-state index contributed by atoms with van der Waals surface area (Å²) in [5.41, 5.74) is 2.18. The van der Waals surface area contributed by atoms with Crippen LogP contribution in [0.15, 0.2) is 66.0 Å². The van der Waals surface area contributed by atoms with Crippen LogP contribution in [0.3, 0.4) is 0 Å². The molecule has 30 heavy (non-hydrogen) atoms. The maximum Gasteiger partial charge on any atom is 0.262 e. The summed E-state index contributed by atoms with van der Waals surface area (Å²) in [5, 5.41) is 4.46. The van der Waals surface area contributed by atoms with Gasteiger partial charge in [-0.1, -0.05) is 42.1 Å². The number of hydrogen-bond donors (Lipinski definition) is 1. The number of carbonyl (C=O) groups excluding carboxylic acids is 2. The van der Waals surface area contributed by atoms with E-state index in [1.807, 2.05) is 18.2 Å². The number of hydrogen-bond acceptors (Lipinski definition) is 7. The number of benzene rings is 2. The molecule has 5 rings (SSSR count). The normalized spacial score (nSPS) is 12.9. The van der Waals surface area contributed by atoms with E-state index in [-0.39, 0.29) is 24.1 Å². The predicted octanol–water partition coefficient (Wildman–Crippen LogP) is 4.66. The molecule has 0 spiro atoms. The van der Waals surface area contributed by atoms with E-state index in [0.717, 1.165) is 25.7 Å². The second-order valence-corrected chi connectivity index (χ2v) is 8.63. The van der Waals surface area contributed by atoms with Crippen LogP contribution in [-0.4, -0.2) is 34.0 Å². The smallest absolute Gasteiger partial charge is 0.262 e. The number of anilines is 1. The average molecular weight is 434 g/mol. The molecule has 1 aliphatic heterocycles. The van der Waals surface area contributed by atoms with Crippen molar-refractivity contribution in [2.75, 3.05) is 17.7 Å². The number of nitrogens with one attached hydrogen (secondary N) is 1. The summed E-state index contributed by atoms with van der Waals surface area (Å²) in [7, 11) is 0. The Morgan fingerprint density at radius 1 is 1.13 bits per heavy atom. The maximum absolute atomic E-state index is 12.7. The van der Waals surface area contributed by atoms with Crippen molar-refractivity contribution < 1.29 is 14.3 Å². The molecule has 0 saturated carbocycles. The van der Waals surface area contributed by atoms with Gasteiger partial charge < -0.3 is 10.1 Å². The minimum atomic E-state index is -0.225. The Morgan fingerprint density at radius 3 is 2.87 bits per heavy atom. The van der Waals surface area contributed by atoms with Gasteiger partial charge in [-0.3, -0.25) is 9.59 Å². The number of ether oxygens (including phenoxy) is 1. The largest absolute Gasteiger partial charge is 0.482 e.